The van der Waals surface area contributed by atoms with Gasteiger partial charge in [0.05, 0.1) is 23.9 Å². The van der Waals surface area contributed by atoms with Crippen LogP contribution < -0.4 is 15.4 Å². The lowest BCUT2D eigenvalue weighted by Gasteiger charge is -2.31. The first kappa shape index (κ1) is 21.3. The van der Waals surface area contributed by atoms with E-state index in [1.807, 2.05) is 54.6 Å². The first-order chi connectivity index (χ1) is 17.0. The van der Waals surface area contributed by atoms with Crippen LogP contribution >= 0.6 is 11.3 Å². The second kappa shape index (κ2) is 7.92. The molecule has 4 amide bonds. The number of nitrogens with zero attached hydrogens (tertiary/aromatic N) is 2. The molecule has 174 valence electrons. The minimum absolute atomic E-state index is 0.000879. The number of fused-ring (bicyclic) bond motifs is 2. The van der Waals surface area contributed by atoms with E-state index in [2.05, 4.69) is 10.6 Å². The van der Waals surface area contributed by atoms with E-state index in [1.54, 1.807) is 35.5 Å². The Morgan fingerprint density at radius 1 is 1.06 bits per heavy atom. The van der Waals surface area contributed by atoms with E-state index < -0.39 is 17.5 Å². The van der Waals surface area contributed by atoms with Gasteiger partial charge in [-0.05, 0) is 35.4 Å². The van der Waals surface area contributed by atoms with Gasteiger partial charge in [0.2, 0.25) is 0 Å². The van der Waals surface area contributed by atoms with E-state index in [0.29, 0.717) is 23.4 Å². The molecule has 1 saturated heterocycles. The molecule has 3 heterocycles. The second-order valence-electron chi connectivity index (χ2n) is 8.56. The number of hydrogen-bond donors (Lipinski definition) is 2. The summed E-state index contributed by atoms with van der Waals surface area (Å²) in [5, 5.41) is 5.99. The molecule has 2 aliphatic rings. The van der Waals surface area contributed by atoms with Crippen molar-refractivity contribution in [1.29, 1.82) is 0 Å². The SMILES string of the molecule is COc1ccc2c(c1)C(=O)N(C[C@@]1(c3ccc(-c4nc5ccccc5s4)cc3)NC(=O)NC1=O)C2. The number of ether oxygens (including phenoxy) is 1. The van der Waals surface area contributed by atoms with Gasteiger partial charge in [0, 0.05) is 17.7 Å². The van der Waals surface area contributed by atoms with Crippen molar-refractivity contribution in [2.24, 2.45) is 0 Å². The number of carbonyl (C=O) groups is 3. The van der Waals surface area contributed by atoms with Crippen LogP contribution in [-0.4, -0.2) is 41.4 Å². The molecule has 9 heteroatoms. The Hall–Kier alpha value is -4.24. The largest absolute Gasteiger partial charge is 0.497 e. The van der Waals surface area contributed by atoms with Crippen LogP contribution in [0.2, 0.25) is 0 Å². The van der Waals surface area contributed by atoms with Crippen molar-refractivity contribution in [2.75, 3.05) is 13.7 Å². The number of benzene rings is 3. The highest BCUT2D eigenvalue weighted by atomic mass is 32.1. The second-order valence-corrected chi connectivity index (χ2v) is 9.59. The number of hydrogen-bond acceptors (Lipinski definition) is 6. The number of thiazole rings is 1. The van der Waals surface area contributed by atoms with Crippen LogP contribution in [0.4, 0.5) is 4.79 Å². The van der Waals surface area contributed by atoms with Gasteiger partial charge in [0.15, 0.2) is 5.54 Å². The Morgan fingerprint density at radius 2 is 1.86 bits per heavy atom. The molecule has 1 atom stereocenters. The van der Waals surface area contributed by atoms with Gasteiger partial charge in [-0.15, -0.1) is 11.3 Å². The first-order valence-corrected chi connectivity index (χ1v) is 11.8. The number of methoxy groups -OCH3 is 1. The topological polar surface area (TPSA) is 101 Å². The third kappa shape index (κ3) is 3.43. The summed E-state index contributed by atoms with van der Waals surface area (Å²) in [6, 6.07) is 20.1. The summed E-state index contributed by atoms with van der Waals surface area (Å²) in [6.45, 7) is 0.341. The van der Waals surface area contributed by atoms with E-state index in [-0.39, 0.29) is 12.5 Å². The minimum atomic E-state index is -1.40. The number of amides is 4. The molecule has 0 unspecified atom stereocenters. The molecule has 2 aliphatic heterocycles. The summed E-state index contributed by atoms with van der Waals surface area (Å²) in [7, 11) is 1.55. The van der Waals surface area contributed by atoms with Gasteiger partial charge in [0.1, 0.15) is 10.8 Å². The van der Waals surface area contributed by atoms with Crippen LogP contribution in [0.3, 0.4) is 0 Å². The Morgan fingerprint density at radius 3 is 2.57 bits per heavy atom. The molecular formula is C26H20N4O4S. The number of aromatic nitrogens is 1. The zero-order valence-electron chi connectivity index (χ0n) is 18.7. The molecule has 6 rings (SSSR count). The molecule has 8 nitrogen and oxygen atoms in total. The molecule has 35 heavy (non-hydrogen) atoms. The third-order valence-electron chi connectivity index (χ3n) is 6.48. The molecule has 2 N–H and O–H groups in total. The van der Waals surface area contributed by atoms with E-state index in [1.165, 1.54) is 0 Å². The number of imide groups is 1. The first-order valence-electron chi connectivity index (χ1n) is 11.0. The van der Waals surface area contributed by atoms with Crippen molar-refractivity contribution in [3.8, 4) is 16.3 Å². The van der Waals surface area contributed by atoms with Crippen LogP contribution in [0.5, 0.6) is 5.75 Å². The maximum atomic E-state index is 13.2. The Kier molecular flexibility index (Phi) is 4.82. The highest BCUT2D eigenvalue weighted by Crippen LogP contribution is 2.35. The average molecular weight is 485 g/mol. The fraction of sp³-hybridized carbons (Fsp3) is 0.154. The van der Waals surface area contributed by atoms with Gasteiger partial charge in [-0.25, -0.2) is 9.78 Å². The molecule has 0 radical (unpaired) electrons. The van der Waals surface area contributed by atoms with E-state index in [0.717, 1.165) is 26.4 Å². The molecule has 0 bridgehead atoms. The fourth-order valence-electron chi connectivity index (χ4n) is 4.67. The highest BCUT2D eigenvalue weighted by Gasteiger charge is 2.50. The quantitative estimate of drug-likeness (QED) is 0.421. The summed E-state index contributed by atoms with van der Waals surface area (Å²) in [6.07, 6.45) is 0. The Balaban J connectivity index is 1.33. The Bertz CT molecular complexity index is 1480. The maximum Gasteiger partial charge on any atom is 0.322 e. The molecule has 3 aromatic carbocycles. The van der Waals surface area contributed by atoms with Gasteiger partial charge in [-0.1, -0.05) is 42.5 Å². The summed E-state index contributed by atoms with van der Waals surface area (Å²) >= 11 is 1.59. The minimum Gasteiger partial charge on any atom is -0.497 e. The molecule has 1 fully saturated rings. The zero-order valence-corrected chi connectivity index (χ0v) is 19.5. The lowest BCUT2D eigenvalue weighted by atomic mass is 9.88. The van der Waals surface area contributed by atoms with Crippen molar-refractivity contribution in [2.45, 2.75) is 12.1 Å². The van der Waals surface area contributed by atoms with Crippen LogP contribution in [0.1, 0.15) is 21.5 Å². The lowest BCUT2D eigenvalue weighted by Crippen LogP contribution is -2.52. The maximum absolute atomic E-state index is 13.2. The smallest absolute Gasteiger partial charge is 0.322 e. The van der Waals surface area contributed by atoms with Crippen molar-refractivity contribution in [1.82, 2.24) is 20.5 Å². The van der Waals surface area contributed by atoms with Crippen LogP contribution in [0.25, 0.3) is 20.8 Å². The van der Waals surface area contributed by atoms with Gasteiger partial charge in [-0.2, -0.15) is 0 Å². The normalized spacial score (nSPS) is 19.1. The average Bonchev–Trinajstić information content (AvgIpc) is 3.53. The molecule has 4 aromatic rings. The number of rotatable bonds is 5. The van der Waals surface area contributed by atoms with E-state index >= 15 is 0 Å². The van der Waals surface area contributed by atoms with Crippen molar-refractivity contribution in [3.05, 3.63) is 83.4 Å². The zero-order chi connectivity index (χ0) is 24.2. The van der Waals surface area contributed by atoms with E-state index in [9.17, 15) is 14.4 Å². The van der Waals surface area contributed by atoms with Gasteiger partial charge in [0.25, 0.3) is 11.8 Å². The molecule has 0 saturated carbocycles. The molecule has 0 aliphatic carbocycles. The molecule has 1 aromatic heterocycles. The van der Waals surface area contributed by atoms with Crippen LogP contribution in [0.15, 0.2) is 66.7 Å². The predicted molar refractivity (Wildman–Crippen MR) is 131 cm³/mol. The number of nitrogens with one attached hydrogen (secondary N) is 2. The standard InChI is InChI=1S/C26H20N4O4S/c1-34-18-11-8-16-13-30(23(31)19(16)12-18)14-26(24(32)28-25(33)29-26)17-9-6-15(7-10-17)22-27-20-4-2-3-5-21(20)35-22/h2-12H,13-14H2,1H3,(H2,28,29,32,33)/t26-/m0/s1. The van der Waals surface area contributed by atoms with Crippen molar-refractivity contribution < 1.29 is 19.1 Å². The third-order valence-corrected chi connectivity index (χ3v) is 7.57. The number of urea groups is 1. The van der Waals surface area contributed by atoms with E-state index in [4.69, 9.17) is 9.72 Å². The lowest BCUT2D eigenvalue weighted by molar-refractivity contribution is -0.124. The highest BCUT2D eigenvalue weighted by molar-refractivity contribution is 7.21. The van der Waals surface area contributed by atoms with Crippen LogP contribution in [-0.2, 0) is 16.9 Å². The van der Waals surface area contributed by atoms with Crippen LogP contribution in [0, 0.1) is 0 Å². The summed E-state index contributed by atoms with van der Waals surface area (Å²) in [5.74, 6) is -0.110. The summed E-state index contributed by atoms with van der Waals surface area (Å²) in [5.41, 5.74) is 2.42. The number of para-hydroxylation sites is 1. The summed E-state index contributed by atoms with van der Waals surface area (Å²) in [4.78, 5) is 44.7. The predicted octanol–water partition coefficient (Wildman–Crippen LogP) is 3.66. The molecule has 0 spiro atoms. The molecular weight excluding hydrogens is 464 g/mol. The van der Waals surface area contributed by atoms with Crippen molar-refractivity contribution >= 4 is 39.4 Å². The van der Waals surface area contributed by atoms with Gasteiger partial charge in [-0.3, -0.25) is 14.9 Å². The Labute approximate surface area is 204 Å². The summed E-state index contributed by atoms with van der Waals surface area (Å²) < 4.78 is 6.34. The van der Waals surface area contributed by atoms with Gasteiger partial charge < -0.3 is 15.0 Å². The monoisotopic (exact) mass is 484 g/mol. The van der Waals surface area contributed by atoms with Crippen molar-refractivity contribution in [3.63, 3.8) is 0 Å². The van der Waals surface area contributed by atoms with Gasteiger partial charge >= 0.3 is 6.03 Å². The number of carbonyl (C=O) groups excluding carboxylic acids is 3. The fourth-order valence-corrected chi connectivity index (χ4v) is 5.64.